The summed E-state index contributed by atoms with van der Waals surface area (Å²) >= 11 is 0. The molecule has 0 saturated heterocycles. The van der Waals surface area contributed by atoms with Crippen molar-refractivity contribution in [1.82, 2.24) is 4.90 Å². The molecule has 0 radical (unpaired) electrons. The average molecular weight is 236 g/mol. The highest BCUT2D eigenvalue weighted by molar-refractivity contribution is 5.35. The molecule has 0 aliphatic carbocycles. The van der Waals surface area contributed by atoms with E-state index in [9.17, 15) is 0 Å². The summed E-state index contributed by atoms with van der Waals surface area (Å²) < 4.78 is 5.67. The van der Waals surface area contributed by atoms with E-state index in [4.69, 9.17) is 10.5 Å². The SMILES string of the molecule is CCOc1ccccc1C(C)N(CC)CCN. The third kappa shape index (κ3) is 3.72. The molecule has 17 heavy (non-hydrogen) atoms. The molecule has 0 amide bonds. The van der Waals surface area contributed by atoms with Crippen molar-refractivity contribution in [3.63, 3.8) is 0 Å². The van der Waals surface area contributed by atoms with Crippen molar-refractivity contribution in [3.8, 4) is 5.75 Å². The number of nitrogens with two attached hydrogens (primary N) is 1. The second-order valence-electron chi connectivity index (χ2n) is 4.06. The molecular formula is C14H24N2O. The Hall–Kier alpha value is -1.06. The van der Waals surface area contributed by atoms with Crippen molar-refractivity contribution in [2.75, 3.05) is 26.2 Å². The van der Waals surface area contributed by atoms with Gasteiger partial charge in [-0.25, -0.2) is 0 Å². The lowest BCUT2D eigenvalue weighted by Crippen LogP contribution is -2.32. The zero-order valence-electron chi connectivity index (χ0n) is 11.1. The van der Waals surface area contributed by atoms with Crippen LogP contribution in [0.5, 0.6) is 5.75 Å². The van der Waals surface area contributed by atoms with Crippen LogP contribution in [0.15, 0.2) is 24.3 Å². The van der Waals surface area contributed by atoms with Crippen LogP contribution in [0.2, 0.25) is 0 Å². The van der Waals surface area contributed by atoms with Gasteiger partial charge in [0.05, 0.1) is 6.61 Å². The average Bonchev–Trinajstić information content (AvgIpc) is 2.36. The second kappa shape index (κ2) is 7.30. The Bertz CT molecular complexity index is 328. The minimum absolute atomic E-state index is 0.339. The maximum Gasteiger partial charge on any atom is 0.124 e. The van der Waals surface area contributed by atoms with Crippen molar-refractivity contribution in [2.24, 2.45) is 5.73 Å². The summed E-state index contributed by atoms with van der Waals surface area (Å²) in [6, 6.07) is 8.58. The van der Waals surface area contributed by atoms with Gasteiger partial charge in [-0.15, -0.1) is 0 Å². The maximum absolute atomic E-state index is 5.67. The summed E-state index contributed by atoms with van der Waals surface area (Å²) in [5.74, 6) is 0.984. The van der Waals surface area contributed by atoms with Gasteiger partial charge < -0.3 is 10.5 Å². The third-order valence-corrected chi connectivity index (χ3v) is 3.04. The first-order valence-corrected chi connectivity index (χ1v) is 6.40. The van der Waals surface area contributed by atoms with Crippen LogP contribution in [-0.4, -0.2) is 31.1 Å². The molecular weight excluding hydrogens is 212 g/mol. The van der Waals surface area contributed by atoms with Gasteiger partial charge in [0.15, 0.2) is 0 Å². The fraction of sp³-hybridized carbons (Fsp3) is 0.571. The minimum atomic E-state index is 0.339. The van der Waals surface area contributed by atoms with E-state index in [-0.39, 0.29) is 0 Å². The predicted octanol–water partition coefficient (Wildman–Crippen LogP) is 2.43. The van der Waals surface area contributed by atoms with Gasteiger partial charge in [0, 0.05) is 24.7 Å². The molecule has 3 heteroatoms. The standard InChI is InChI=1S/C14H24N2O/c1-4-16(11-10-15)12(3)13-8-6-7-9-14(13)17-5-2/h6-9,12H,4-5,10-11,15H2,1-3H3. The molecule has 1 atom stereocenters. The van der Waals surface area contributed by atoms with Gasteiger partial charge in [-0.05, 0) is 26.5 Å². The van der Waals surface area contributed by atoms with E-state index in [2.05, 4.69) is 30.9 Å². The molecule has 2 N–H and O–H groups in total. The first-order valence-electron chi connectivity index (χ1n) is 6.40. The molecule has 0 heterocycles. The fourth-order valence-electron chi connectivity index (χ4n) is 2.10. The van der Waals surface area contributed by atoms with Gasteiger partial charge in [-0.2, -0.15) is 0 Å². The largest absolute Gasteiger partial charge is 0.494 e. The first-order chi connectivity index (χ1) is 8.24. The monoisotopic (exact) mass is 236 g/mol. The van der Waals surface area contributed by atoms with Crippen LogP contribution in [0.3, 0.4) is 0 Å². The van der Waals surface area contributed by atoms with E-state index in [0.717, 1.165) is 18.8 Å². The van der Waals surface area contributed by atoms with E-state index in [1.807, 2.05) is 19.1 Å². The molecule has 0 fully saturated rings. The molecule has 0 aromatic heterocycles. The summed E-state index contributed by atoms with van der Waals surface area (Å²) in [7, 11) is 0. The molecule has 1 aromatic carbocycles. The number of hydrogen-bond donors (Lipinski definition) is 1. The van der Waals surface area contributed by atoms with Crippen molar-refractivity contribution >= 4 is 0 Å². The highest BCUT2D eigenvalue weighted by atomic mass is 16.5. The summed E-state index contributed by atoms with van der Waals surface area (Å²) in [6.45, 7) is 9.68. The van der Waals surface area contributed by atoms with E-state index < -0.39 is 0 Å². The summed E-state index contributed by atoms with van der Waals surface area (Å²) in [4.78, 5) is 2.36. The van der Waals surface area contributed by atoms with E-state index in [1.165, 1.54) is 5.56 Å². The molecule has 1 unspecified atom stereocenters. The fourth-order valence-corrected chi connectivity index (χ4v) is 2.10. The Morgan fingerprint density at radius 1 is 1.29 bits per heavy atom. The Balaban J connectivity index is 2.89. The molecule has 0 saturated carbocycles. The van der Waals surface area contributed by atoms with Crippen molar-refractivity contribution in [3.05, 3.63) is 29.8 Å². The molecule has 1 rings (SSSR count). The highest BCUT2D eigenvalue weighted by Gasteiger charge is 2.16. The Kier molecular flexibility index (Phi) is 6.01. The van der Waals surface area contributed by atoms with Gasteiger partial charge in [-0.1, -0.05) is 25.1 Å². The van der Waals surface area contributed by atoms with Crippen LogP contribution >= 0.6 is 0 Å². The molecule has 0 spiro atoms. The summed E-state index contributed by atoms with van der Waals surface area (Å²) in [6.07, 6.45) is 0. The van der Waals surface area contributed by atoms with Crippen molar-refractivity contribution in [1.29, 1.82) is 0 Å². The normalized spacial score (nSPS) is 12.8. The van der Waals surface area contributed by atoms with Crippen LogP contribution in [0, 0.1) is 0 Å². The number of hydrogen-bond acceptors (Lipinski definition) is 3. The number of nitrogens with zero attached hydrogens (tertiary/aromatic N) is 1. The molecule has 96 valence electrons. The lowest BCUT2D eigenvalue weighted by molar-refractivity contribution is 0.221. The molecule has 0 aliphatic heterocycles. The Morgan fingerprint density at radius 2 is 2.00 bits per heavy atom. The quantitative estimate of drug-likeness (QED) is 0.790. The molecule has 0 aliphatic rings. The Morgan fingerprint density at radius 3 is 2.59 bits per heavy atom. The van der Waals surface area contributed by atoms with Crippen LogP contribution in [0.1, 0.15) is 32.4 Å². The summed E-state index contributed by atoms with van der Waals surface area (Å²) in [5, 5.41) is 0. The van der Waals surface area contributed by atoms with E-state index in [1.54, 1.807) is 0 Å². The predicted molar refractivity (Wildman–Crippen MR) is 72.3 cm³/mol. The van der Waals surface area contributed by atoms with Crippen molar-refractivity contribution < 1.29 is 4.74 Å². The van der Waals surface area contributed by atoms with Gasteiger partial charge in [0.1, 0.15) is 5.75 Å². The first kappa shape index (κ1) is 14.0. The minimum Gasteiger partial charge on any atom is -0.494 e. The Labute approximate surface area is 105 Å². The number of para-hydroxylation sites is 1. The van der Waals surface area contributed by atoms with Gasteiger partial charge in [0.2, 0.25) is 0 Å². The lowest BCUT2D eigenvalue weighted by Gasteiger charge is -2.28. The van der Waals surface area contributed by atoms with Gasteiger partial charge >= 0.3 is 0 Å². The smallest absolute Gasteiger partial charge is 0.124 e. The maximum atomic E-state index is 5.67. The third-order valence-electron chi connectivity index (χ3n) is 3.04. The van der Waals surface area contributed by atoms with E-state index >= 15 is 0 Å². The number of benzene rings is 1. The number of ether oxygens (including phenoxy) is 1. The summed E-state index contributed by atoms with van der Waals surface area (Å²) in [5.41, 5.74) is 6.89. The van der Waals surface area contributed by atoms with Crippen molar-refractivity contribution in [2.45, 2.75) is 26.8 Å². The topological polar surface area (TPSA) is 38.5 Å². The zero-order chi connectivity index (χ0) is 12.7. The van der Waals surface area contributed by atoms with E-state index in [0.29, 0.717) is 19.2 Å². The van der Waals surface area contributed by atoms with Crippen LogP contribution in [0.25, 0.3) is 0 Å². The lowest BCUT2D eigenvalue weighted by atomic mass is 10.1. The van der Waals surface area contributed by atoms with Crippen LogP contribution in [-0.2, 0) is 0 Å². The number of rotatable bonds is 7. The van der Waals surface area contributed by atoms with Gasteiger partial charge in [0.25, 0.3) is 0 Å². The molecule has 1 aromatic rings. The number of likely N-dealkylation sites (N-methyl/N-ethyl adjacent to an activating group) is 1. The molecule has 3 nitrogen and oxygen atoms in total. The second-order valence-corrected chi connectivity index (χ2v) is 4.06. The van der Waals surface area contributed by atoms with Crippen LogP contribution in [0.4, 0.5) is 0 Å². The van der Waals surface area contributed by atoms with Gasteiger partial charge in [-0.3, -0.25) is 4.90 Å². The highest BCUT2D eigenvalue weighted by Crippen LogP contribution is 2.28. The van der Waals surface area contributed by atoms with Crippen LogP contribution < -0.4 is 10.5 Å². The molecule has 0 bridgehead atoms. The zero-order valence-corrected chi connectivity index (χ0v) is 11.1.